The maximum atomic E-state index is 14.5. The fraction of sp³-hybridized carbons (Fsp3) is 0.174. The van der Waals surface area contributed by atoms with E-state index in [1.165, 1.54) is 30.3 Å². The minimum atomic E-state index is -4.16. The minimum Gasteiger partial charge on any atom is -0.494 e. The molecule has 3 aromatic rings. The van der Waals surface area contributed by atoms with Crippen LogP contribution < -0.4 is 14.4 Å². The average Bonchev–Trinajstić information content (AvgIpc) is 2.78. The summed E-state index contributed by atoms with van der Waals surface area (Å²) < 4.78 is 47.0. The molecule has 31 heavy (non-hydrogen) atoms. The highest BCUT2D eigenvalue weighted by atomic mass is 32.2. The number of rotatable bonds is 9. The number of hydrogen-bond donors (Lipinski definition) is 1. The van der Waals surface area contributed by atoms with Gasteiger partial charge in [0.15, 0.2) is 0 Å². The third-order valence-corrected chi connectivity index (χ3v) is 6.21. The summed E-state index contributed by atoms with van der Waals surface area (Å²) in [6.07, 6.45) is 0. The average molecular weight is 443 g/mol. The Morgan fingerprint density at radius 2 is 1.71 bits per heavy atom. The summed E-state index contributed by atoms with van der Waals surface area (Å²) in [5.41, 5.74) is 0.600. The zero-order valence-corrected chi connectivity index (χ0v) is 17.8. The molecule has 0 bridgehead atoms. The highest BCUT2D eigenvalue weighted by Crippen LogP contribution is 2.26. The predicted octanol–water partition coefficient (Wildman–Crippen LogP) is 3.74. The smallest absolute Gasteiger partial charge is 0.264 e. The van der Waals surface area contributed by atoms with Crippen molar-refractivity contribution in [3.8, 4) is 5.75 Å². The van der Waals surface area contributed by atoms with Crippen molar-refractivity contribution in [2.24, 2.45) is 0 Å². The van der Waals surface area contributed by atoms with E-state index in [0.29, 0.717) is 12.4 Å². The number of ether oxygens (including phenoxy) is 1. The van der Waals surface area contributed by atoms with Gasteiger partial charge in [-0.1, -0.05) is 42.5 Å². The van der Waals surface area contributed by atoms with E-state index in [9.17, 15) is 17.6 Å². The van der Waals surface area contributed by atoms with Crippen LogP contribution in [0.4, 0.5) is 10.1 Å². The molecule has 0 unspecified atom stereocenters. The number of para-hydroxylation sites is 1. The Balaban J connectivity index is 1.81. The van der Waals surface area contributed by atoms with Gasteiger partial charge in [0.2, 0.25) is 5.91 Å². The zero-order chi connectivity index (χ0) is 22.3. The highest BCUT2D eigenvalue weighted by Gasteiger charge is 2.28. The van der Waals surface area contributed by atoms with Crippen molar-refractivity contribution in [2.75, 3.05) is 17.5 Å². The minimum absolute atomic E-state index is 0.0320. The van der Waals surface area contributed by atoms with Crippen LogP contribution in [-0.4, -0.2) is 27.5 Å². The van der Waals surface area contributed by atoms with Crippen LogP contribution in [0.25, 0.3) is 0 Å². The molecule has 1 N–H and O–H groups in total. The lowest BCUT2D eigenvalue weighted by atomic mass is 10.2. The molecule has 8 heteroatoms. The van der Waals surface area contributed by atoms with Crippen LogP contribution >= 0.6 is 0 Å². The maximum absolute atomic E-state index is 14.5. The molecule has 1 amide bonds. The normalized spacial score (nSPS) is 11.0. The van der Waals surface area contributed by atoms with Gasteiger partial charge in [0, 0.05) is 6.54 Å². The third kappa shape index (κ3) is 5.61. The van der Waals surface area contributed by atoms with E-state index in [-0.39, 0.29) is 17.1 Å². The van der Waals surface area contributed by atoms with Gasteiger partial charge in [-0.25, -0.2) is 12.8 Å². The van der Waals surface area contributed by atoms with Gasteiger partial charge in [-0.3, -0.25) is 9.10 Å². The number of nitrogens with one attached hydrogen (secondary N) is 1. The number of amides is 1. The molecule has 0 fully saturated rings. The lowest BCUT2D eigenvalue weighted by Crippen LogP contribution is -2.41. The number of carbonyl (C=O) groups excluding carboxylic acids is 1. The number of sulfonamides is 1. The molecule has 0 saturated carbocycles. The fourth-order valence-electron chi connectivity index (χ4n) is 2.97. The Morgan fingerprint density at radius 3 is 2.42 bits per heavy atom. The molecule has 3 rings (SSSR count). The molecule has 162 valence electrons. The number of nitrogens with zero attached hydrogens (tertiary/aromatic N) is 1. The molecule has 0 atom stereocenters. The standard InChI is InChI=1S/C23H23FN2O4S/c1-2-30-19-10-8-9-18(15-19)16-25-23(27)17-26(22-14-7-6-13-21(22)24)31(28,29)20-11-4-3-5-12-20/h3-15H,2,16-17H2,1H3,(H,25,27). The first kappa shape index (κ1) is 22.3. The van der Waals surface area contributed by atoms with Crippen molar-refractivity contribution in [3.05, 3.63) is 90.2 Å². The van der Waals surface area contributed by atoms with Gasteiger partial charge in [-0.15, -0.1) is 0 Å². The van der Waals surface area contributed by atoms with Crippen LogP contribution in [0, 0.1) is 5.82 Å². The summed E-state index contributed by atoms with van der Waals surface area (Å²) in [5, 5.41) is 2.69. The first-order valence-corrected chi connectivity index (χ1v) is 11.2. The summed E-state index contributed by atoms with van der Waals surface area (Å²) in [5.74, 6) is -0.627. The number of benzene rings is 3. The summed E-state index contributed by atoms with van der Waals surface area (Å²) in [7, 11) is -4.16. The molecule has 0 aliphatic carbocycles. The van der Waals surface area contributed by atoms with Crippen LogP contribution in [0.5, 0.6) is 5.75 Å². The van der Waals surface area contributed by atoms with E-state index in [2.05, 4.69) is 5.32 Å². The van der Waals surface area contributed by atoms with Gasteiger partial charge in [0.05, 0.1) is 17.2 Å². The second-order valence-electron chi connectivity index (χ2n) is 6.63. The molecule has 0 spiro atoms. The lowest BCUT2D eigenvalue weighted by Gasteiger charge is -2.24. The van der Waals surface area contributed by atoms with Crippen molar-refractivity contribution in [2.45, 2.75) is 18.4 Å². The second kappa shape index (κ2) is 10.1. The van der Waals surface area contributed by atoms with Crippen molar-refractivity contribution in [1.82, 2.24) is 5.32 Å². The Hall–Kier alpha value is -3.39. The topological polar surface area (TPSA) is 75.7 Å². The number of halogens is 1. The van der Waals surface area contributed by atoms with Crippen LogP contribution in [0.2, 0.25) is 0 Å². The zero-order valence-electron chi connectivity index (χ0n) is 17.0. The molecule has 0 aromatic heterocycles. The van der Waals surface area contributed by atoms with Gasteiger partial charge in [-0.2, -0.15) is 0 Å². The molecule has 6 nitrogen and oxygen atoms in total. The molecule has 0 aliphatic heterocycles. The van der Waals surface area contributed by atoms with Gasteiger partial charge >= 0.3 is 0 Å². The van der Waals surface area contributed by atoms with Gasteiger partial charge in [0.1, 0.15) is 18.1 Å². The molecule has 0 aliphatic rings. The molecule has 0 heterocycles. The predicted molar refractivity (Wildman–Crippen MR) is 117 cm³/mol. The van der Waals surface area contributed by atoms with Crippen molar-refractivity contribution in [3.63, 3.8) is 0 Å². The first-order chi connectivity index (χ1) is 14.9. The van der Waals surface area contributed by atoms with Gasteiger partial charge in [-0.05, 0) is 48.9 Å². The van der Waals surface area contributed by atoms with E-state index < -0.39 is 28.3 Å². The van der Waals surface area contributed by atoms with Gasteiger partial charge in [0.25, 0.3) is 10.0 Å². The first-order valence-electron chi connectivity index (χ1n) is 9.72. The van der Waals surface area contributed by atoms with Crippen LogP contribution in [-0.2, 0) is 21.4 Å². The monoisotopic (exact) mass is 442 g/mol. The molecule has 0 saturated heterocycles. The molecular formula is C23H23FN2O4S. The van der Waals surface area contributed by atoms with Crippen LogP contribution in [0.1, 0.15) is 12.5 Å². The highest BCUT2D eigenvalue weighted by molar-refractivity contribution is 7.92. The summed E-state index contributed by atoms with van der Waals surface area (Å²) in [6.45, 7) is 2.00. The third-order valence-electron chi connectivity index (χ3n) is 4.44. The van der Waals surface area contributed by atoms with E-state index in [4.69, 9.17) is 4.74 Å². The number of anilines is 1. The van der Waals surface area contributed by atoms with Crippen molar-refractivity contribution >= 4 is 21.6 Å². The van der Waals surface area contributed by atoms with Crippen molar-refractivity contribution < 1.29 is 22.3 Å². The molecular weight excluding hydrogens is 419 g/mol. The Morgan fingerprint density at radius 1 is 1.00 bits per heavy atom. The maximum Gasteiger partial charge on any atom is 0.264 e. The Bertz CT molecular complexity index is 1140. The second-order valence-corrected chi connectivity index (χ2v) is 8.50. The quantitative estimate of drug-likeness (QED) is 0.548. The SMILES string of the molecule is CCOc1cccc(CNC(=O)CN(c2ccccc2F)S(=O)(=O)c2ccccc2)c1. The molecule has 3 aromatic carbocycles. The van der Waals surface area contributed by atoms with E-state index in [0.717, 1.165) is 15.9 Å². The van der Waals surface area contributed by atoms with Gasteiger partial charge < -0.3 is 10.1 Å². The Labute approximate surface area is 181 Å². The van der Waals surface area contributed by atoms with E-state index in [1.54, 1.807) is 36.4 Å². The fourth-order valence-corrected chi connectivity index (χ4v) is 4.42. The molecule has 0 radical (unpaired) electrons. The van der Waals surface area contributed by atoms with Crippen LogP contribution in [0.15, 0.2) is 83.8 Å². The van der Waals surface area contributed by atoms with E-state index in [1.807, 2.05) is 13.0 Å². The summed E-state index contributed by atoms with van der Waals surface area (Å²) in [6, 6.07) is 20.3. The number of hydrogen-bond acceptors (Lipinski definition) is 4. The summed E-state index contributed by atoms with van der Waals surface area (Å²) >= 11 is 0. The van der Waals surface area contributed by atoms with E-state index >= 15 is 0 Å². The van der Waals surface area contributed by atoms with Crippen LogP contribution in [0.3, 0.4) is 0 Å². The lowest BCUT2D eigenvalue weighted by molar-refractivity contribution is -0.119. The largest absolute Gasteiger partial charge is 0.494 e. The summed E-state index contributed by atoms with van der Waals surface area (Å²) in [4.78, 5) is 12.6. The Kier molecular flexibility index (Phi) is 7.25. The number of carbonyl (C=O) groups is 1. The van der Waals surface area contributed by atoms with Crippen molar-refractivity contribution in [1.29, 1.82) is 0 Å².